The maximum absolute atomic E-state index is 12.2. The zero-order valence-corrected chi connectivity index (χ0v) is 12.7. The summed E-state index contributed by atoms with van der Waals surface area (Å²) in [6, 6.07) is 13.8. The highest BCUT2D eigenvalue weighted by Gasteiger charge is 2.09. The van der Waals surface area contributed by atoms with E-state index in [4.69, 9.17) is 0 Å². The van der Waals surface area contributed by atoms with Crippen LogP contribution in [0.15, 0.2) is 47.4 Å². The van der Waals surface area contributed by atoms with Gasteiger partial charge in [0.1, 0.15) is 0 Å². The first-order valence-electron chi connectivity index (χ1n) is 6.76. The molecule has 0 radical (unpaired) electrons. The van der Waals surface area contributed by atoms with E-state index in [9.17, 15) is 4.79 Å². The predicted octanol–water partition coefficient (Wildman–Crippen LogP) is 4.03. The fourth-order valence-corrected chi connectivity index (χ4v) is 2.33. The van der Waals surface area contributed by atoms with Crippen molar-refractivity contribution in [2.24, 2.45) is 0 Å². The van der Waals surface area contributed by atoms with Crippen LogP contribution in [0.25, 0.3) is 0 Å². The molecule has 104 valence electrons. The Hall–Kier alpha value is -1.74. The van der Waals surface area contributed by atoms with E-state index in [1.165, 1.54) is 5.56 Å². The first-order chi connectivity index (χ1) is 9.60. The molecule has 0 saturated heterocycles. The third-order valence-electron chi connectivity index (χ3n) is 3.31. The van der Waals surface area contributed by atoms with E-state index in [1.807, 2.05) is 43.3 Å². The highest BCUT2D eigenvalue weighted by molar-refractivity contribution is 7.80. The summed E-state index contributed by atoms with van der Waals surface area (Å²) in [4.78, 5) is 13.1. The number of carbonyl (C=O) groups excluding carboxylic acids is 1. The van der Waals surface area contributed by atoms with Gasteiger partial charge in [-0.2, -0.15) is 0 Å². The van der Waals surface area contributed by atoms with E-state index in [0.717, 1.165) is 28.1 Å². The largest absolute Gasteiger partial charge is 0.325 e. The summed E-state index contributed by atoms with van der Waals surface area (Å²) in [5.41, 5.74) is 4.21. The minimum absolute atomic E-state index is 0.0147. The lowest BCUT2D eigenvalue weighted by atomic mass is 10.1. The van der Waals surface area contributed by atoms with E-state index in [0.29, 0.717) is 6.42 Å². The second-order valence-electron chi connectivity index (χ2n) is 4.85. The summed E-state index contributed by atoms with van der Waals surface area (Å²) in [5.74, 6) is 0.0147. The summed E-state index contributed by atoms with van der Waals surface area (Å²) in [6.45, 7) is 4.11. The van der Waals surface area contributed by atoms with Crippen molar-refractivity contribution < 1.29 is 4.79 Å². The van der Waals surface area contributed by atoms with Crippen LogP contribution in [-0.2, 0) is 17.6 Å². The Morgan fingerprint density at radius 1 is 1.15 bits per heavy atom. The van der Waals surface area contributed by atoms with Crippen LogP contribution in [-0.4, -0.2) is 5.91 Å². The minimum atomic E-state index is 0.0147. The molecule has 0 aliphatic carbocycles. The third-order valence-corrected chi connectivity index (χ3v) is 3.60. The Balaban J connectivity index is 2.10. The number of benzene rings is 2. The number of carbonyl (C=O) groups is 1. The van der Waals surface area contributed by atoms with E-state index < -0.39 is 0 Å². The van der Waals surface area contributed by atoms with Gasteiger partial charge in [0, 0.05) is 10.6 Å². The summed E-state index contributed by atoms with van der Waals surface area (Å²) in [5, 5.41) is 3.03. The molecular formula is C17H19NOS. The molecule has 3 heteroatoms. The van der Waals surface area contributed by atoms with Gasteiger partial charge in [0.05, 0.1) is 6.42 Å². The molecular weight excluding hydrogens is 266 g/mol. The lowest BCUT2D eigenvalue weighted by molar-refractivity contribution is -0.115. The van der Waals surface area contributed by atoms with Crippen molar-refractivity contribution in [2.45, 2.75) is 31.6 Å². The molecule has 1 N–H and O–H groups in total. The number of amides is 1. The molecule has 2 nitrogen and oxygen atoms in total. The van der Waals surface area contributed by atoms with Crippen molar-refractivity contribution in [3.8, 4) is 0 Å². The Morgan fingerprint density at radius 3 is 2.50 bits per heavy atom. The van der Waals surface area contributed by atoms with E-state index in [2.05, 4.69) is 30.9 Å². The van der Waals surface area contributed by atoms with Crippen LogP contribution in [0.1, 0.15) is 23.6 Å². The SMILES string of the molecule is CCc1cccc(C)c1NC(=O)Cc1ccc(S)cc1. The van der Waals surface area contributed by atoms with Crippen molar-refractivity contribution in [3.63, 3.8) is 0 Å². The first kappa shape index (κ1) is 14.7. The number of para-hydroxylation sites is 1. The molecule has 0 heterocycles. The van der Waals surface area contributed by atoms with Gasteiger partial charge in [-0.1, -0.05) is 37.3 Å². The van der Waals surface area contributed by atoms with Crippen LogP contribution in [0.3, 0.4) is 0 Å². The maximum Gasteiger partial charge on any atom is 0.228 e. The molecule has 0 aliphatic rings. The summed E-state index contributed by atoms with van der Waals surface area (Å²) >= 11 is 4.24. The molecule has 0 atom stereocenters. The highest BCUT2D eigenvalue weighted by Crippen LogP contribution is 2.21. The predicted molar refractivity (Wildman–Crippen MR) is 86.6 cm³/mol. The Morgan fingerprint density at radius 2 is 1.85 bits per heavy atom. The molecule has 2 aromatic rings. The van der Waals surface area contributed by atoms with Gasteiger partial charge in [0.15, 0.2) is 0 Å². The van der Waals surface area contributed by atoms with Crippen LogP contribution in [0.5, 0.6) is 0 Å². The number of nitrogens with one attached hydrogen (secondary N) is 1. The molecule has 0 fully saturated rings. The smallest absolute Gasteiger partial charge is 0.228 e. The van der Waals surface area contributed by atoms with Crippen LogP contribution >= 0.6 is 12.6 Å². The van der Waals surface area contributed by atoms with Crippen molar-refractivity contribution in [3.05, 3.63) is 59.2 Å². The van der Waals surface area contributed by atoms with Crippen molar-refractivity contribution >= 4 is 24.2 Å². The maximum atomic E-state index is 12.2. The summed E-state index contributed by atoms with van der Waals surface area (Å²) < 4.78 is 0. The molecule has 2 aromatic carbocycles. The van der Waals surface area contributed by atoms with Gasteiger partial charge in [0.25, 0.3) is 0 Å². The Bertz CT molecular complexity index is 605. The zero-order valence-electron chi connectivity index (χ0n) is 11.8. The summed E-state index contributed by atoms with van der Waals surface area (Å²) in [7, 11) is 0. The molecule has 20 heavy (non-hydrogen) atoms. The number of aryl methyl sites for hydroxylation is 2. The van der Waals surface area contributed by atoms with Crippen molar-refractivity contribution in [1.82, 2.24) is 0 Å². The molecule has 0 unspecified atom stereocenters. The van der Waals surface area contributed by atoms with Crippen molar-refractivity contribution in [1.29, 1.82) is 0 Å². The number of anilines is 1. The topological polar surface area (TPSA) is 29.1 Å². The number of hydrogen-bond donors (Lipinski definition) is 2. The average Bonchev–Trinajstić information content (AvgIpc) is 2.43. The Kier molecular flexibility index (Phi) is 4.85. The lowest BCUT2D eigenvalue weighted by Gasteiger charge is -2.13. The average molecular weight is 285 g/mol. The fraction of sp³-hybridized carbons (Fsp3) is 0.235. The second-order valence-corrected chi connectivity index (χ2v) is 5.37. The molecule has 0 aromatic heterocycles. The number of hydrogen-bond acceptors (Lipinski definition) is 2. The second kappa shape index (κ2) is 6.62. The van der Waals surface area contributed by atoms with Gasteiger partial charge < -0.3 is 5.32 Å². The number of rotatable bonds is 4. The molecule has 0 bridgehead atoms. The fourth-order valence-electron chi connectivity index (χ4n) is 2.18. The number of thiol groups is 1. The molecule has 0 saturated carbocycles. The lowest BCUT2D eigenvalue weighted by Crippen LogP contribution is -2.16. The van der Waals surface area contributed by atoms with Gasteiger partial charge in [-0.15, -0.1) is 12.6 Å². The zero-order chi connectivity index (χ0) is 14.5. The van der Waals surface area contributed by atoms with Crippen LogP contribution in [0.4, 0.5) is 5.69 Å². The molecule has 2 rings (SSSR count). The summed E-state index contributed by atoms with van der Waals surface area (Å²) in [6.07, 6.45) is 1.29. The highest BCUT2D eigenvalue weighted by atomic mass is 32.1. The van der Waals surface area contributed by atoms with Crippen LogP contribution in [0, 0.1) is 6.92 Å². The van der Waals surface area contributed by atoms with Gasteiger partial charge in [-0.3, -0.25) is 4.79 Å². The normalized spacial score (nSPS) is 10.3. The van der Waals surface area contributed by atoms with Crippen LogP contribution < -0.4 is 5.32 Å². The van der Waals surface area contributed by atoms with Crippen LogP contribution in [0.2, 0.25) is 0 Å². The minimum Gasteiger partial charge on any atom is -0.325 e. The first-order valence-corrected chi connectivity index (χ1v) is 7.21. The van der Waals surface area contributed by atoms with E-state index in [1.54, 1.807) is 0 Å². The standard InChI is InChI=1S/C17H19NOS/c1-3-14-6-4-5-12(2)17(14)18-16(19)11-13-7-9-15(20)10-8-13/h4-10,20H,3,11H2,1-2H3,(H,18,19). The van der Waals surface area contributed by atoms with E-state index >= 15 is 0 Å². The molecule has 0 spiro atoms. The van der Waals surface area contributed by atoms with Gasteiger partial charge in [0.2, 0.25) is 5.91 Å². The molecule has 0 aliphatic heterocycles. The van der Waals surface area contributed by atoms with Crippen molar-refractivity contribution in [2.75, 3.05) is 5.32 Å². The van der Waals surface area contributed by atoms with E-state index in [-0.39, 0.29) is 5.91 Å². The quantitative estimate of drug-likeness (QED) is 0.816. The van der Waals surface area contributed by atoms with Gasteiger partial charge in [-0.05, 0) is 42.2 Å². The molecule has 1 amide bonds. The monoisotopic (exact) mass is 285 g/mol. The Labute approximate surface area is 125 Å². The van der Waals surface area contributed by atoms with Gasteiger partial charge in [-0.25, -0.2) is 0 Å². The van der Waals surface area contributed by atoms with Gasteiger partial charge >= 0.3 is 0 Å². The third kappa shape index (κ3) is 3.64.